The summed E-state index contributed by atoms with van der Waals surface area (Å²) >= 11 is 6.08. The quantitative estimate of drug-likeness (QED) is 0.241. The highest BCUT2D eigenvalue weighted by Gasteiger charge is 2.55. The minimum atomic E-state index is -3.84. The van der Waals surface area contributed by atoms with Crippen molar-refractivity contribution in [3.63, 3.8) is 0 Å². The topological polar surface area (TPSA) is 123 Å². The van der Waals surface area contributed by atoms with Gasteiger partial charge in [-0.05, 0) is 48.7 Å². The van der Waals surface area contributed by atoms with E-state index >= 15 is 0 Å². The molecule has 15 heteroatoms. The van der Waals surface area contributed by atoms with E-state index in [1.807, 2.05) is 0 Å². The number of carbonyl (C=O) groups is 2. The summed E-state index contributed by atoms with van der Waals surface area (Å²) in [5, 5.41) is 12.0. The van der Waals surface area contributed by atoms with Gasteiger partial charge in [-0.2, -0.15) is 4.31 Å². The lowest BCUT2D eigenvalue weighted by Gasteiger charge is -2.35. The van der Waals surface area contributed by atoms with Gasteiger partial charge in [0.2, 0.25) is 15.9 Å². The van der Waals surface area contributed by atoms with Gasteiger partial charge in [-0.1, -0.05) is 11.6 Å². The standard InChI is InChI=1S/C25H28BClF2N5O5S/c27-22-10-17(25(28,29)21-9-16(21)14-35)11-23(30-22)32-5-7-33(8-6-32)40(38,39)20-3-1-19(2-4-20)34-13-18(12-24(34)37)31-26-15-36/h1-4,10-11,15-16,18,21,31,35H,5-9,12-14H2/t16-,18+,21?/m0/s1. The molecule has 1 aliphatic carbocycles. The summed E-state index contributed by atoms with van der Waals surface area (Å²) in [5.74, 6) is -4.43. The van der Waals surface area contributed by atoms with Gasteiger partial charge in [0.15, 0.2) is 0 Å². The number of piperazine rings is 1. The number of aromatic nitrogens is 1. The van der Waals surface area contributed by atoms with Crippen LogP contribution in [0.25, 0.3) is 0 Å². The van der Waals surface area contributed by atoms with Crippen LogP contribution in [0.4, 0.5) is 20.3 Å². The van der Waals surface area contributed by atoms with E-state index < -0.39 is 27.8 Å². The molecule has 2 saturated heterocycles. The summed E-state index contributed by atoms with van der Waals surface area (Å²) in [7, 11) is -2.59. The van der Waals surface area contributed by atoms with E-state index in [0.717, 1.165) is 6.07 Å². The van der Waals surface area contributed by atoms with Gasteiger partial charge in [0.05, 0.1) is 11.1 Å². The molecule has 3 aliphatic rings. The van der Waals surface area contributed by atoms with Crippen molar-refractivity contribution < 1.29 is 31.9 Å². The van der Waals surface area contributed by atoms with E-state index in [-0.39, 0.29) is 79.0 Å². The van der Waals surface area contributed by atoms with Gasteiger partial charge in [0.25, 0.3) is 13.3 Å². The molecule has 40 heavy (non-hydrogen) atoms. The maximum absolute atomic E-state index is 15.0. The summed E-state index contributed by atoms with van der Waals surface area (Å²) in [6, 6.07) is 8.27. The monoisotopic (exact) mass is 594 g/mol. The lowest BCUT2D eigenvalue weighted by atomic mass is 9.96. The lowest BCUT2D eigenvalue weighted by Crippen LogP contribution is -2.49. The molecule has 3 atom stereocenters. The van der Waals surface area contributed by atoms with Crippen molar-refractivity contribution >= 4 is 52.6 Å². The summed E-state index contributed by atoms with van der Waals surface area (Å²) in [5.41, 5.74) is 0.291. The Hall–Kier alpha value is -2.65. The van der Waals surface area contributed by atoms with Gasteiger partial charge in [0.1, 0.15) is 11.0 Å². The largest absolute Gasteiger partial charge is 0.396 e. The van der Waals surface area contributed by atoms with E-state index in [4.69, 9.17) is 11.6 Å². The Morgan fingerprint density at radius 1 is 1.18 bits per heavy atom. The number of nitrogens with zero attached hydrogens (tertiary/aromatic N) is 4. The van der Waals surface area contributed by atoms with Gasteiger partial charge in [-0.3, -0.25) is 4.79 Å². The Morgan fingerprint density at radius 3 is 2.50 bits per heavy atom. The van der Waals surface area contributed by atoms with Crippen molar-refractivity contribution in [2.24, 2.45) is 11.8 Å². The molecule has 1 unspecified atom stereocenters. The zero-order valence-corrected chi connectivity index (χ0v) is 23.0. The molecule has 1 saturated carbocycles. The number of anilines is 2. The van der Waals surface area contributed by atoms with Gasteiger partial charge in [-0.25, -0.2) is 22.2 Å². The number of nitrogens with one attached hydrogen (secondary N) is 1. The van der Waals surface area contributed by atoms with E-state index in [1.165, 1.54) is 34.8 Å². The smallest absolute Gasteiger partial charge is 0.290 e. The molecule has 5 rings (SSSR count). The third kappa shape index (κ3) is 5.73. The number of pyridine rings is 1. The number of benzene rings is 1. The number of alkyl halides is 2. The van der Waals surface area contributed by atoms with Gasteiger partial charge < -0.3 is 24.9 Å². The van der Waals surface area contributed by atoms with Crippen LogP contribution in [-0.4, -0.2) is 87.7 Å². The van der Waals surface area contributed by atoms with Gasteiger partial charge >= 0.3 is 0 Å². The van der Waals surface area contributed by atoms with Crippen molar-refractivity contribution in [1.82, 2.24) is 14.5 Å². The number of hydrogen-bond acceptors (Lipinski definition) is 8. The van der Waals surface area contributed by atoms with E-state index in [0.29, 0.717) is 18.4 Å². The average Bonchev–Trinajstić information content (AvgIpc) is 3.67. The van der Waals surface area contributed by atoms with Crippen molar-refractivity contribution in [3.05, 3.63) is 47.1 Å². The van der Waals surface area contributed by atoms with E-state index in [2.05, 4.69) is 10.2 Å². The Bertz CT molecular complexity index is 1380. The molecule has 1 aromatic carbocycles. The van der Waals surface area contributed by atoms with Crippen LogP contribution in [0.5, 0.6) is 0 Å². The molecular formula is C25H28BClF2N5O5S. The van der Waals surface area contributed by atoms with E-state index in [1.54, 1.807) is 17.0 Å². The van der Waals surface area contributed by atoms with Crippen molar-refractivity contribution in [2.45, 2.75) is 29.7 Å². The molecule has 2 aromatic rings. The summed E-state index contributed by atoms with van der Waals surface area (Å²) < 4.78 is 57.9. The molecular weight excluding hydrogens is 567 g/mol. The second-order valence-electron chi connectivity index (χ2n) is 10.2. The third-order valence-electron chi connectivity index (χ3n) is 7.66. The predicted molar refractivity (Wildman–Crippen MR) is 146 cm³/mol. The first kappa shape index (κ1) is 28.9. The fraction of sp³-hybridized carbons (Fsp3) is 0.480. The Balaban J connectivity index is 1.23. The predicted octanol–water partition coefficient (Wildman–Crippen LogP) is 1.47. The molecule has 0 bridgehead atoms. The number of rotatable bonds is 10. The lowest BCUT2D eigenvalue weighted by molar-refractivity contribution is -0.117. The Morgan fingerprint density at radius 2 is 1.88 bits per heavy atom. The molecule has 1 aromatic heterocycles. The molecule has 1 amide bonds. The highest BCUT2D eigenvalue weighted by atomic mass is 35.5. The van der Waals surface area contributed by atoms with Crippen LogP contribution in [0, 0.1) is 11.8 Å². The van der Waals surface area contributed by atoms with Gasteiger partial charge in [0, 0.05) is 69.0 Å². The van der Waals surface area contributed by atoms with Crippen molar-refractivity contribution in [3.8, 4) is 0 Å². The molecule has 2 N–H and O–H groups in total. The molecule has 0 spiro atoms. The third-order valence-corrected chi connectivity index (χ3v) is 9.77. The first-order valence-electron chi connectivity index (χ1n) is 12.9. The van der Waals surface area contributed by atoms with Crippen LogP contribution in [0.1, 0.15) is 18.4 Å². The SMILES string of the molecule is O=C[B]N[C@@H]1CC(=O)N(c2ccc(S(=O)(=O)N3CCN(c4cc(C(F)(F)C5C[C@H]5CO)cc(Cl)n4)CC3)cc2)C1. The normalized spacial score (nSPS) is 23.9. The number of sulfonamides is 1. The molecule has 213 valence electrons. The minimum Gasteiger partial charge on any atom is -0.396 e. The molecule has 2 aliphatic heterocycles. The van der Waals surface area contributed by atoms with Crippen LogP contribution < -0.4 is 15.0 Å². The average molecular weight is 595 g/mol. The second kappa shape index (κ2) is 11.3. The highest BCUT2D eigenvalue weighted by molar-refractivity contribution is 7.89. The van der Waals surface area contributed by atoms with Gasteiger partial charge in [-0.15, -0.1) is 0 Å². The molecule has 3 heterocycles. The first-order valence-corrected chi connectivity index (χ1v) is 14.7. The van der Waals surface area contributed by atoms with Crippen LogP contribution in [0.15, 0.2) is 41.3 Å². The minimum absolute atomic E-state index is 0.0750. The number of halogens is 3. The van der Waals surface area contributed by atoms with E-state index in [9.17, 15) is 31.9 Å². The summed E-state index contributed by atoms with van der Waals surface area (Å²) in [6.45, 7) is 0.750. The van der Waals surface area contributed by atoms with Crippen molar-refractivity contribution in [2.75, 3.05) is 49.1 Å². The maximum Gasteiger partial charge on any atom is 0.290 e. The maximum atomic E-state index is 15.0. The molecule has 10 nitrogen and oxygen atoms in total. The number of aliphatic hydroxyl groups is 1. The number of carbonyl (C=O) groups excluding carboxylic acids is 2. The number of hydrogen-bond donors (Lipinski definition) is 2. The zero-order chi connectivity index (χ0) is 28.7. The Kier molecular flexibility index (Phi) is 8.17. The fourth-order valence-electron chi connectivity index (χ4n) is 5.29. The van der Waals surface area contributed by atoms with Crippen LogP contribution in [-0.2, 0) is 25.5 Å². The molecule has 1 radical (unpaired) electrons. The van der Waals surface area contributed by atoms with Crippen molar-refractivity contribution in [1.29, 1.82) is 0 Å². The Labute approximate surface area is 236 Å². The number of amides is 1. The van der Waals surface area contributed by atoms with Crippen LogP contribution in [0.3, 0.4) is 0 Å². The summed E-state index contributed by atoms with van der Waals surface area (Å²) in [4.78, 5) is 30.4. The van der Waals surface area contributed by atoms with Crippen LogP contribution >= 0.6 is 11.6 Å². The second-order valence-corrected chi connectivity index (χ2v) is 12.5. The number of aliphatic hydroxyl groups excluding tert-OH is 1. The fourth-order valence-corrected chi connectivity index (χ4v) is 6.92. The zero-order valence-electron chi connectivity index (χ0n) is 21.4. The van der Waals surface area contributed by atoms with Crippen LogP contribution in [0.2, 0.25) is 5.15 Å². The molecule has 3 fully saturated rings. The summed E-state index contributed by atoms with van der Waals surface area (Å²) in [6.07, 6.45) is 1.07. The highest BCUT2D eigenvalue weighted by Crippen LogP contribution is 2.54. The first-order chi connectivity index (χ1) is 19.0.